The number of aromatic amines is 1. The zero-order valence-electron chi connectivity index (χ0n) is 15.0. The van der Waals surface area contributed by atoms with Gasteiger partial charge in [0.1, 0.15) is 0 Å². The van der Waals surface area contributed by atoms with Crippen LogP contribution in [-0.2, 0) is 13.0 Å². The molecule has 2 aliphatic carbocycles. The van der Waals surface area contributed by atoms with Gasteiger partial charge in [-0.1, -0.05) is 6.07 Å². The van der Waals surface area contributed by atoms with Gasteiger partial charge in [0.25, 0.3) is 0 Å². The Morgan fingerprint density at radius 2 is 1.79 bits per heavy atom. The Hall–Kier alpha value is -1.28. The predicted molar refractivity (Wildman–Crippen MR) is 100 cm³/mol. The Morgan fingerprint density at radius 3 is 2.50 bits per heavy atom. The van der Waals surface area contributed by atoms with Crippen molar-refractivity contribution in [3.8, 4) is 0 Å². The smallest absolute Gasteiger partial charge is 0.0487 e. The van der Waals surface area contributed by atoms with E-state index in [4.69, 9.17) is 0 Å². The van der Waals surface area contributed by atoms with Crippen molar-refractivity contribution >= 4 is 10.9 Å². The van der Waals surface area contributed by atoms with Crippen molar-refractivity contribution < 1.29 is 0 Å². The zero-order valence-corrected chi connectivity index (χ0v) is 15.0. The van der Waals surface area contributed by atoms with Crippen molar-refractivity contribution in [1.82, 2.24) is 9.88 Å². The van der Waals surface area contributed by atoms with Gasteiger partial charge in [0.2, 0.25) is 0 Å². The number of H-pyrrole nitrogens is 1. The molecule has 0 amide bonds. The first-order valence-electron chi connectivity index (χ1n) is 10.1. The van der Waals surface area contributed by atoms with E-state index in [1.54, 1.807) is 11.1 Å². The standard InChI is InChI=1S/C22H30N2/c1-15-12-19(13-16-2-3-16)21(20-6-9-23-22(15)20)14-24-10-7-18(8-11-24)17-4-5-17/h6,9,12,16-18,23H,2-5,7-8,10-11,13-14H2,1H3. The van der Waals surface area contributed by atoms with E-state index >= 15 is 0 Å². The van der Waals surface area contributed by atoms with Crippen LogP contribution in [0.1, 0.15) is 55.2 Å². The van der Waals surface area contributed by atoms with E-state index in [1.165, 1.54) is 74.5 Å². The number of aromatic nitrogens is 1. The van der Waals surface area contributed by atoms with Gasteiger partial charge in [-0.25, -0.2) is 0 Å². The number of nitrogens with zero attached hydrogens (tertiary/aromatic N) is 1. The molecule has 1 saturated heterocycles. The molecule has 0 atom stereocenters. The molecular weight excluding hydrogens is 292 g/mol. The van der Waals surface area contributed by atoms with E-state index in [-0.39, 0.29) is 0 Å². The molecule has 0 bridgehead atoms. The van der Waals surface area contributed by atoms with Crippen molar-refractivity contribution in [2.24, 2.45) is 17.8 Å². The molecule has 3 aliphatic rings. The summed E-state index contributed by atoms with van der Waals surface area (Å²) in [6.07, 6.45) is 12.2. The van der Waals surface area contributed by atoms with E-state index in [9.17, 15) is 0 Å². The molecule has 2 nitrogen and oxygen atoms in total. The number of nitrogens with one attached hydrogen (secondary N) is 1. The van der Waals surface area contributed by atoms with Gasteiger partial charge in [0, 0.05) is 23.6 Å². The fourth-order valence-corrected chi connectivity index (χ4v) is 4.92. The van der Waals surface area contributed by atoms with Crippen LogP contribution in [0, 0.1) is 24.7 Å². The molecule has 2 heteroatoms. The highest BCUT2D eigenvalue weighted by Crippen LogP contribution is 2.42. The molecule has 0 unspecified atom stereocenters. The number of hydrogen-bond donors (Lipinski definition) is 1. The molecule has 2 heterocycles. The second-order valence-electron chi connectivity index (χ2n) is 8.70. The molecule has 2 aromatic rings. The van der Waals surface area contributed by atoms with Gasteiger partial charge in [-0.2, -0.15) is 0 Å². The van der Waals surface area contributed by atoms with Gasteiger partial charge in [-0.05, 0) is 105 Å². The Morgan fingerprint density at radius 1 is 1.04 bits per heavy atom. The highest BCUT2D eigenvalue weighted by molar-refractivity contribution is 5.87. The minimum absolute atomic E-state index is 0.958. The topological polar surface area (TPSA) is 19.0 Å². The maximum absolute atomic E-state index is 3.47. The molecule has 0 spiro atoms. The first-order chi connectivity index (χ1) is 11.8. The molecule has 24 heavy (non-hydrogen) atoms. The molecule has 1 aliphatic heterocycles. The van der Waals surface area contributed by atoms with Gasteiger partial charge < -0.3 is 4.98 Å². The molecular formula is C22H30N2. The summed E-state index contributed by atoms with van der Waals surface area (Å²) in [4.78, 5) is 6.20. The van der Waals surface area contributed by atoms with Gasteiger partial charge in [0.15, 0.2) is 0 Å². The first kappa shape index (κ1) is 15.0. The Bertz CT molecular complexity index is 728. The highest BCUT2D eigenvalue weighted by Gasteiger charge is 2.33. The molecule has 1 aromatic carbocycles. The summed E-state index contributed by atoms with van der Waals surface area (Å²) in [5.41, 5.74) is 6.03. The van der Waals surface area contributed by atoms with Crippen LogP contribution in [0.3, 0.4) is 0 Å². The normalized spacial score (nSPS) is 23.2. The summed E-state index contributed by atoms with van der Waals surface area (Å²) in [6, 6.07) is 4.79. The average molecular weight is 322 g/mol. The SMILES string of the molecule is Cc1cc(CC2CC2)c(CN2CCC(C3CC3)CC2)c2cc[nH]c12. The van der Waals surface area contributed by atoms with Crippen LogP contribution in [0.25, 0.3) is 10.9 Å². The van der Waals surface area contributed by atoms with Crippen molar-refractivity contribution in [2.75, 3.05) is 13.1 Å². The fourth-order valence-electron chi connectivity index (χ4n) is 4.92. The second kappa shape index (κ2) is 5.91. The molecule has 3 fully saturated rings. The van der Waals surface area contributed by atoms with E-state index < -0.39 is 0 Å². The van der Waals surface area contributed by atoms with E-state index in [0.29, 0.717) is 0 Å². The summed E-state index contributed by atoms with van der Waals surface area (Å²) in [5, 5.41) is 1.48. The van der Waals surface area contributed by atoms with Gasteiger partial charge >= 0.3 is 0 Å². The van der Waals surface area contributed by atoms with Crippen LogP contribution < -0.4 is 0 Å². The second-order valence-corrected chi connectivity index (χ2v) is 8.70. The summed E-state index contributed by atoms with van der Waals surface area (Å²) in [6.45, 7) is 6.04. The number of fused-ring (bicyclic) bond motifs is 1. The van der Waals surface area contributed by atoms with Gasteiger partial charge in [-0.3, -0.25) is 4.90 Å². The molecule has 1 N–H and O–H groups in total. The number of aryl methyl sites for hydroxylation is 1. The molecule has 5 rings (SSSR count). The van der Waals surface area contributed by atoms with Gasteiger partial charge in [-0.15, -0.1) is 0 Å². The number of rotatable bonds is 5. The largest absolute Gasteiger partial charge is 0.361 e. The van der Waals surface area contributed by atoms with Crippen molar-refractivity contribution in [2.45, 2.75) is 58.4 Å². The molecule has 128 valence electrons. The van der Waals surface area contributed by atoms with Crippen molar-refractivity contribution in [1.29, 1.82) is 0 Å². The number of likely N-dealkylation sites (tertiary alicyclic amines) is 1. The van der Waals surface area contributed by atoms with Gasteiger partial charge in [0.05, 0.1) is 0 Å². The van der Waals surface area contributed by atoms with Crippen LogP contribution in [0.4, 0.5) is 0 Å². The number of piperidine rings is 1. The third kappa shape index (κ3) is 2.90. The number of benzene rings is 1. The van der Waals surface area contributed by atoms with Crippen LogP contribution in [0.5, 0.6) is 0 Å². The van der Waals surface area contributed by atoms with Crippen LogP contribution in [0.2, 0.25) is 0 Å². The van der Waals surface area contributed by atoms with Crippen LogP contribution in [-0.4, -0.2) is 23.0 Å². The third-order valence-electron chi connectivity index (χ3n) is 6.75. The number of hydrogen-bond acceptors (Lipinski definition) is 1. The first-order valence-corrected chi connectivity index (χ1v) is 10.1. The van der Waals surface area contributed by atoms with Crippen LogP contribution >= 0.6 is 0 Å². The maximum atomic E-state index is 3.47. The van der Waals surface area contributed by atoms with E-state index in [1.807, 2.05) is 0 Å². The minimum atomic E-state index is 0.958. The summed E-state index contributed by atoms with van der Waals surface area (Å²) < 4.78 is 0. The Labute approximate surface area is 145 Å². The molecule has 2 saturated carbocycles. The maximum Gasteiger partial charge on any atom is 0.0487 e. The lowest BCUT2D eigenvalue weighted by Gasteiger charge is -2.33. The quantitative estimate of drug-likeness (QED) is 0.816. The monoisotopic (exact) mass is 322 g/mol. The van der Waals surface area contributed by atoms with E-state index in [0.717, 1.165) is 24.3 Å². The fraction of sp³-hybridized carbons (Fsp3) is 0.636. The van der Waals surface area contributed by atoms with Crippen molar-refractivity contribution in [3.63, 3.8) is 0 Å². The summed E-state index contributed by atoms with van der Waals surface area (Å²) in [7, 11) is 0. The zero-order chi connectivity index (χ0) is 16.1. The predicted octanol–water partition coefficient (Wildman–Crippen LogP) is 5.05. The highest BCUT2D eigenvalue weighted by atomic mass is 15.1. The van der Waals surface area contributed by atoms with E-state index in [2.05, 4.69) is 35.1 Å². The Balaban J connectivity index is 1.40. The summed E-state index contributed by atoms with van der Waals surface area (Å²) >= 11 is 0. The molecule has 0 radical (unpaired) electrons. The lowest BCUT2D eigenvalue weighted by molar-refractivity contribution is 0.166. The Kier molecular flexibility index (Phi) is 3.70. The summed E-state index contributed by atoms with van der Waals surface area (Å²) in [5.74, 6) is 3.09. The van der Waals surface area contributed by atoms with Crippen LogP contribution in [0.15, 0.2) is 18.3 Å². The minimum Gasteiger partial charge on any atom is -0.361 e. The molecule has 1 aromatic heterocycles. The third-order valence-corrected chi connectivity index (χ3v) is 6.75. The lowest BCUT2D eigenvalue weighted by Crippen LogP contribution is -2.34. The average Bonchev–Trinajstić information content (AvgIpc) is 3.51. The van der Waals surface area contributed by atoms with Crippen molar-refractivity contribution in [3.05, 3.63) is 35.0 Å². The lowest BCUT2D eigenvalue weighted by atomic mass is 9.90.